The van der Waals surface area contributed by atoms with Crippen molar-refractivity contribution in [2.75, 3.05) is 6.79 Å². The van der Waals surface area contributed by atoms with Crippen LogP contribution >= 0.6 is 23.5 Å². The summed E-state index contributed by atoms with van der Waals surface area (Å²) in [5.74, 6) is -4.48. The fourth-order valence-electron chi connectivity index (χ4n) is 7.19. The summed E-state index contributed by atoms with van der Waals surface area (Å²) >= 11 is 2.59. The lowest BCUT2D eigenvalue weighted by molar-refractivity contribution is -0.247. The number of phenolic OH excluding ortho intramolecular Hbond substituents is 2. The van der Waals surface area contributed by atoms with E-state index in [-0.39, 0.29) is 34.4 Å². The van der Waals surface area contributed by atoms with Gasteiger partial charge in [-0.2, -0.15) is 0 Å². The lowest BCUT2D eigenvalue weighted by atomic mass is 9.72. The van der Waals surface area contributed by atoms with E-state index in [1.807, 2.05) is 60.7 Å². The van der Waals surface area contributed by atoms with Crippen LogP contribution in [0.4, 0.5) is 0 Å². The van der Waals surface area contributed by atoms with E-state index in [1.165, 1.54) is 41.7 Å². The number of hydrogen-bond donors (Lipinski definition) is 5. The fourth-order valence-corrected chi connectivity index (χ4v) is 9.50. The maximum absolute atomic E-state index is 14.4. The summed E-state index contributed by atoms with van der Waals surface area (Å²) in [6.45, 7) is 2.13. The van der Waals surface area contributed by atoms with Crippen LogP contribution in [0.2, 0.25) is 0 Å². The normalized spacial score (nSPS) is 24.2. The van der Waals surface area contributed by atoms with Crippen LogP contribution < -0.4 is 10.5 Å². The second-order valence-corrected chi connectivity index (χ2v) is 16.5. The number of hydrogen-bond acceptors (Lipinski definition) is 15. The first-order chi connectivity index (χ1) is 26.8. The molecule has 6 N–H and O–H groups in total. The summed E-state index contributed by atoms with van der Waals surface area (Å²) in [6, 6.07) is 22.1. The molecule has 292 valence electrons. The van der Waals surface area contributed by atoms with Gasteiger partial charge in [0.2, 0.25) is 12.6 Å². The summed E-state index contributed by atoms with van der Waals surface area (Å²) in [6.07, 6.45) is -4.98. The van der Waals surface area contributed by atoms with E-state index in [4.69, 9.17) is 24.7 Å². The average Bonchev–Trinajstić information content (AvgIpc) is 3.17. The zero-order chi connectivity index (χ0) is 39.9. The van der Waals surface area contributed by atoms with Crippen molar-refractivity contribution < 1.29 is 58.6 Å². The topological polar surface area (TPSA) is 212 Å². The Balaban J connectivity index is 1.18. The SMILES string of the molecule is CC(=O)[C@]1(O)Cc2c(O)c3c(c(O)c2[C@@H](OC2CC(N)C(O)C(C)O2)C1)C(=O)c1c(OCOC(=O)C(Sc2ccccc2)Sc2ccccc2)cccc1C3=O. The van der Waals surface area contributed by atoms with Crippen molar-refractivity contribution in [3.8, 4) is 17.2 Å². The molecule has 1 saturated heterocycles. The minimum atomic E-state index is -2.08. The van der Waals surface area contributed by atoms with Gasteiger partial charge in [0.25, 0.3) is 0 Å². The predicted molar refractivity (Wildman–Crippen MR) is 204 cm³/mol. The molecular weight excluding hydrogens is 763 g/mol. The highest BCUT2D eigenvalue weighted by Crippen LogP contribution is 2.52. The Labute approximate surface area is 330 Å². The molecule has 0 aromatic heterocycles. The third kappa shape index (κ3) is 7.55. The van der Waals surface area contributed by atoms with E-state index in [0.717, 1.165) is 16.7 Å². The van der Waals surface area contributed by atoms with Crippen molar-refractivity contribution in [2.45, 2.75) is 83.7 Å². The number of rotatable bonds is 11. The van der Waals surface area contributed by atoms with Gasteiger partial charge in [-0.15, -0.1) is 0 Å². The maximum Gasteiger partial charge on any atom is 0.332 e. The summed E-state index contributed by atoms with van der Waals surface area (Å²) in [5.41, 5.74) is 2.33. The van der Waals surface area contributed by atoms with Crippen molar-refractivity contribution in [1.29, 1.82) is 0 Å². The Morgan fingerprint density at radius 3 is 2.14 bits per heavy atom. The third-order valence-corrected chi connectivity index (χ3v) is 12.6. The molecule has 56 heavy (non-hydrogen) atoms. The number of aromatic hydroxyl groups is 2. The van der Waals surface area contributed by atoms with Gasteiger partial charge in [0.15, 0.2) is 22.4 Å². The number of carbonyl (C=O) groups is 4. The van der Waals surface area contributed by atoms with E-state index in [2.05, 4.69) is 0 Å². The number of aliphatic hydroxyl groups is 2. The number of nitrogens with two attached hydrogens (primary N) is 1. The molecule has 0 bridgehead atoms. The van der Waals surface area contributed by atoms with E-state index in [1.54, 1.807) is 6.92 Å². The van der Waals surface area contributed by atoms with E-state index >= 15 is 0 Å². The average molecular weight is 802 g/mol. The number of carbonyl (C=O) groups excluding carboxylic acids is 4. The van der Waals surface area contributed by atoms with Gasteiger partial charge in [0.05, 0.1) is 35.0 Å². The molecule has 2 aliphatic carbocycles. The van der Waals surface area contributed by atoms with Gasteiger partial charge in [-0.1, -0.05) is 72.1 Å². The Bertz CT molecular complexity index is 2130. The lowest BCUT2D eigenvalue weighted by Gasteiger charge is -2.42. The molecule has 13 nitrogen and oxygen atoms in total. The number of phenols is 2. The van der Waals surface area contributed by atoms with Crippen LogP contribution in [0, 0.1) is 0 Å². The smallest absolute Gasteiger partial charge is 0.332 e. The lowest BCUT2D eigenvalue weighted by Crippen LogP contribution is -2.52. The van der Waals surface area contributed by atoms with Gasteiger partial charge in [-0.05, 0) is 44.2 Å². The minimum absolute atomic E-state index is 0.0141. The van der Waals surface area contributed by atoms with Crippen LogP contribution in [-0.4, -0.2) is 85.3 Å². The summed E-state index contributed by atoms with van der Waals surface area (Å²) in [5, 5.41) is 45.3. The molecule has 1 aliphatic heterocycles. The number of ether oxygens (including phenoxy) is 4. The van der Waals surface area contributed by atoms with Crippen LogP contribution in [0.1, 0.15) is 75.8 Å². The van der Waals surface area contributed by atoms with Gasteiger partial charge in [0, 0.05) is 51.8 Å². The van der Waals surface area contributed by atoms with Gasteiger partial charge < -0.3 is 45.1 Å². The van der Waals surface area contributed by atoms with Crippen molar-refractivity contribution in [3.63, 3.8) is 0 Å². The van der Waals surface area contributed by atoms with Crippen LogP contribution in [0.3, 0.4) is 0 Å². The van der Waals surface area contributed by atoms with Crippen LogP contribution in [0.5, 0.6) is 17.2 Å². The molecule has 0 spiro atoms. The molecule has 7 rings (SSSR count). The summed E-state index contributed by atoms with van der Waals surface area (Å²) < 4.78 is 22.6. The first-order valence-electron chi connectivity index (χ1n) is 17.8. The van der Waals surface area contributed by atoms with Gasteiger partial charge >= 0.3 is 5.97 Å². The Hall–Kier alpha value is -4.74. The zero-order valence-corrected chi connectivity index (χ0v) is 31.9. The molecule has 3 aliphatic rings. The molecule has 0 radical (unpaired) electrons. The summed E-state index contributed by atoms with van der Waals surface area (Å²) in [7, 11) is 0. The van der Waals surface area contributed by atoms with Gasteiger partial charge in [-0.3, -0.25) is 14.4 Å². The van der Waals surface area contributed by atoms with Crippen LogP contribution in [-0.2, 0) is 30.2 Å². The number of Topliss-reactive ketones (excluding diaryl/α,β-unsaturated/α-hetero) is 1. The first-order valence-corrected chi connectivity index (χ1v) is 19.6. The quantitative estimate of drug-likeness (QED) is 0.0525. The molecule has 15 heteroatoms. The Morgan fingerprint density at radius 1 is 0.911 bits per heavy atom. The number of aliphatic hydroxyl groups excluding tert-OH is 1. The number of benzene rings is 4. The Morgan fingerprint density at radius 2 is 1.54 bits per heavy atom. The number of thioether (sulfide) groups is 2. The third-order valence-electron chi connectivity index (χ3n) is 10.2. The second kappa shape index (κ2) is 16.0. The fraction of sp³-hybridized carbons (Fsp3) is 0.317. The monoisotopic (exact) mass is 801 g/mol. The number of fused-ring (bicyclic) bond motifs is 3. The van der Waals surface area contributed by atoms with Gasteiger partial charge in [0.1, 0.15) is 22.8 Å². The van der Waals surface area contributed by atoms with Crippen molar-refractivity contribution in [1.82, 2.24) is 0 Å². The molecule has 6 atom stereocenters. The van der Waals surface area contributed by atoms with Gasteiger partial charge in [-0.25, -0.2) is 4.79 Å². The number of ketones is 3. The number of esters is 1. The molecule has 4 unspecified atom stereocenters. The molecule has 4 aromatic rings. The van der Waals surface area contributed by atoms with E-state index < -0.39 is 106 Å². The molecule has 4 aromatic carbocycles. The highest BCUT2D eigenvalue weighted by Gasteiger charge is 2.49. The van der Waals surface area contributed by atoms with Crippen LogP contribution in [0.15, 0.2) is 88.7 Å². The van der Waals surface area contributed by atoms with E-state index in [9.17, 15) is 39.6 Å². The van der Waals surface area contributed by atoms with Crippen molar-refractivity contribution >= 4 is 46.8 Å². The standard InChI is InChI=1S/C41H39NO12S2/c1-20-34(44)26(42)16-29(53-20)54-28-18-41(50,21(2)43)17-25-31(28)38(48)33-32(36(25)46)35(45)24-14-9-15-27(30(24)37(33)47)51-19-52-39(49)40(55-22-10-5-3-6-11-22)56-23-12-7-4-8-13-23/h3-15,20,26,28-29,34,40,44,46,48,50H,16-19,42H2,1-2H3/t20?,26?,28-,29?,34?,41-/m0/s1. The summed E-state index contributed by atoms with van der Waals surface area (Å²) in [4.78, 5) is 56.3. The van der Waals surface area contributed by atoms with Crippen molar-refractivity contribution in [2.24, 2.45) is 5.73 Å². The first kappa shape index (κ1) is 39.5. The van der Waals surface area contributed by atoms with Crippen LogP contribution in [0.25, 0.3) is 0 Å². The van der Waals surface area contributed by atoms with E-state index in [0.29, 0.717) is 0 Å². The molecule has 1 fully saturated rings. The molecule has 0 amide bonds. The molecular formula is C41H39NO12S2. The molecule has 1 heterocycles. The second-order valence-electron chi connectivity index (χ2n) is 13.9. The zero-order valence-electron chi connectivity index (χ0n) is 30.2. The largest absolute Gasteiger partial charge is 0.507 e. The minimum Gasteiger partial charge on any atom is -0.507 e. The molecule has 0 saturated carbocycles. The highest BCUT2D eigenvalue weighted by molar-refractivity contribution is 8.18. The predicted octanol–water partition coefficient (Wildman–Crippen LogP) is 4.81. The highest BCUT2D eigenvalue weighted by atomic mass is 32.2. The van der Waals surface area contributed by atoms with Crippen molar-refractivity contribution in [3.05, 3.63) is 112 Å². The Kier molecular flexibility index (Phi) is 11.3. The maximum atomic E-state index is 14.4.